The summed E-state index contributed by atoms with van der Waals surface area (Å²) in [5, 5.41) is 20.1. The Morgan fingerprint density at radius 3 is 2.24 bits per heavy atom. The van der Waals surface area contributed by atoms with Crippen molar-refractivity contribution in [2.45, 2.75) is 0 Å². The Morgan fingerprint density at radius 2 is 1.48 bits per heavy atom. The number of amides is 2. The van der Waals surface area contributed by atoms with Crippen molar-refractivity contribution in [3.05, 3.63) is 71.3 Å². The molecular weight excluding hydrogens is 322 g/mol. The first-order valence-corrected chi connectivity index (χ1v) is 7.44. The number of imide groups is 1. The van der Waals surface area contributed by atoms with Gasteiger partial charge in [-0.05, 0) is 53.2 Å². The van der Waals surface area contributed by atoms with Gasteiger partial charge in [0.1, 0.15) is 5.75 Å². The highest BCUT2D eigenvalue weighted by atomic mass is 16.4. The van der Waals surface area contributed by atoms with E-state index in [0.29, 0.717) is 5.69 Å². The highest BCUT2D eigenvalue weighted by Crippen LogP contribution is 2.31. The third-order valence-corrected chi connectivity index (χ3v) is 4.20. The van der Waals surface area contributed by atoms with E-state index < -0.39 is 17.8 Å². The van der Waals surface area contributed by atoms with Crippen molar-refractivity contribution in [2.75, 3.05) is 4.90 Å². The van der Waals surface area contributed by atoms with E-state index in [9.17, 15) is 19.5 Å². The van der Waals surface area contributed by atoms with E-state index >= 15 is 0 Å². The zero-order valence-corrected chi connectivity index (χ0v) is 12.8. The molecule has 0 atom stereocenters. The molecule has 25 heavy (non-hydrogen) atoms. The summed E-state index contributed by atoms with van der Waals surface area (Å²) in [5.41, 5.74) is 0.605. The van der Waals surface area contributed by atoms with Gasteiger partial charge in [-0.1, -0.05) is 12.1 Å². The topological polar surface area (TPSA) is 94.9 Å². The second kappa shape index (κ2) is 5.17. The lowest BCUT2D eigenvalue weighted by Crippen LogP contribution is -2.29. The quantitative estimate of drug-likeness (QED) is 0.703. The van der Waals surface area contributed by atoms with Crippen LogP contribution in [0.3, 0.4) is 0 Å². The molecule has 2 N–H and O–H groups in total. The molecule has 3 aromatic carbocycles. The van der Waals surface area contributed by atoms with Gasteiger partial charge in [-0.15, -0.1) is 0 Å². The number of aromatic hydroxyl groups is 1. The van der Waals surface area contributed by atoms with Crippen LogP contribution in [0.4, 0.5) is 5.69 Å². The lowest BCUT2D eigenvalue weighted by molar-refractivity contribution is 0.0696. The van der Waals surface area contributed by atoms with Gasteiger partial charge in [0.15, 0.2) is 0 Å². The number of phenols is 1. The number of carbonyl (C=O) groups excluding carboxylic acids is 2. The van der Waals surface area contributed by atoms with Gasteiger partial charge in [0, 0.05) is 0 Å². The molecule has 1 aliphatic rings. The first-order chi connectivity index (χ1) is 12.0. The monoisotopic (exact) mass is 333 g/mol. The van der Waals surface area contributed by atoms with Gasteiger partial charge in [-0.3, -0.25) is 9.59 Å². The maximum Gasteiger partial charge on any atom is 0.335 e. The summed E-state index contributed by atoms with van der Waals surface area (Å²) >= 11 is 0. The number of benzene rings is 3. The molecule has 0 unspecified atom stereocenters. The Hall–Kier alpha value is -3.67. The predicted molar refractivity (Wildman–Crippen MR) is 90.2 cm³/mol. The van der Waals surface area contributed by atoms with Gasteiger partial charge in [-0.2, -0.15) is 0 Å². The average molecular weight is 333 g/mol. The second-order valence-electron chi connectivity index (χ2n) is 5.73. The van der Waals surface area contributed by atoms with Crippen LogP contribution >= 0.6 is 0 Å². The number of fused-ring (bicyclic) bond motifs is 2. The van der Waals surface area contributed by atoms with Crippen molar-refractivity contribution < 1.29 is 24.6 Å². The van der Waals surface area contributed by atoms with Crippen molar-refractivity contribution >= 4 is 34.2 Å². The number of phenolic OH excluding ortho intramolecular Hbond substituents is 1. The minimum atomic E-state index is -1.16. The van der Waals surface area contributed by atoms with Gasteiger partial charge in [-0.25, -0.2) is 9.69 Å². The molecular formula is C19H11NO5. The molecule has 0 spiro atoms. The van der Waals surface area contributed by atoms with Gasteiger partial charge < -0.3 is 10.2 Å². The van der Waals surface area contributed by atoms with Crippen LogP contribution in [-0.2, 0) is 0 Å². The Balaban J connectivity index is 1.81. The molecule has 0 saturated heterocycles. The summed E-state index contributed by atoms with van der Waals surface area (Å²) < 4.78 is 0. The van der Waals surface area contributed by atoms with Crippen LogP contribution in [-0.4, -0.2) is 28.0 Å². The molecule has 0 aliphatic carbocycles. The number of hydrogen-bond donors (Lipinski definition) is 2. The summed E-state index contributed by atoms with van der Waals surface area (Å²) in [6.45, 7) is 0. The van der Waals surface area contributed by atoms with E-state index in [0.717, 1.165) is 15.7 Å². The van der Waals surface area contributed by atoms with Crippen LogP contribution in [0.1, 0.15) is 31.1 Å². The lowest BCUT2D eigenvalue weighted by atomic mass is 10.1. The lowest BCUT2D eigenvalue weighted by Gasteiger charge is -2.14. The van der Waals surface area contributed by atoms with Gasteiger partial charge >= 0.3 is 5.97 Å². The smallest absolute Gasteiger partial charge is 0.335 e. The fraction of sp³-hybridized carbons (Fsp3) is 0. The summed E-state index contributed by atoms with van der Waals surface area (Å²) in [6, 6.07) is 13.7. The number of rotatable bonds is 2. The zero-order valence-electron chi connectivity index (χ0n) is 12.8. The summed E-state index contributed by atoms with van der Waals surface area (Å²) in [4.78, 5) is 37.4. The number of aromatic carboxylic acids is 1. The molecule has 6 nitrogen and oxygen atoms in total. The van der Waals surface area contributed by atoms with E-state index in [2.05, 4.69) is 0 Å². The number of carboxylic acid groups (broad SMARTS) is 1. The van der Waals surface area contributed by atoms with Gasteiger partial charge in [0.05, 0.1) is 22.4 Å². The van der Waals surface area contributed by atoms with Crippen molar-refractivity contribution in [3.8, 4) is 5.75 Å². The Kier molecular flexibility index (Phi) is 3.08. The molecule has 3 aromatic rings. The van der Waals surface area contributed by atoms with Crippen molar-refractivity contribution in [2.24, 2.45) is 0 Å². The molecule has 4 rings (SSSR count). The molecule has 0 radical (unpaired) electrons. The first-order valence-electron chi connectivity index (χ1n) is 7.44. The highest BCUT2D eigenvalue weighted by molar-refractivity contribution is 6.34. The molecule has 0 fully saturated rings. The fourth-order valence-electron chi connectivity index (χ4n) is 2.97. The van der Waals surface area contributed by atoms with E-state index in [-0.39, 0.29) is 22.4 Å². The third kappa shape index (κ3) is 2.23. The Bertz CT molecular complexity index is 1090. The second-order valence-corrected chi connectivity index (χ2v) is 5.73. The third-order valence-electron chi connectivity index (χ3n) is 4.20. The normalized spacial score (nSPS) is 13.4. The SMILES string of the molecule is O=C(O)c1ccc2c(c1)C(=O)N(c1ccc3cc(O)ccc3c1)C2=O. The fourth-order valence-corrected chi connectivity index (χ4v) is 2.97. The molecule has 6 heteroatoms. The first kappa shape index (κ1) is 14.9. The van der Waals surface area contributed by atoms with E-state index in [1.807, 2.05) is 0 Å². The Labute approximate surface area is 141 Å². The number of carboxylic acids is 1. The number of carbonyl (C=O) groups is 3. The molecule has 1 heterocycles. The van der Waals surface area contributed by atoms with Crippen LogP contribution in [0.5, 0.6) is 5.75 Å². The van der Waals surface area contributed by atoms with Crippen molar-refractivity contribution in [1.29, 1.82) is 0 Å². The van der Waals surface area contributed by atoms with Gasteiger partial charge in [0.2, 0.25) is 0 Å². The minimum absolute atomic E-state index is 0.0456. The van der Waals surface area contributed by atoms with Crippen LogP contribution < -0.4 is 4.90 Å². The van der Waals surface area contributed by atoms with Crippen molar-refractivity contribution in [3.63, 3.8) is 0 Å². The highest BCUT2D eigenvalue weighted by Gasteiger charge is 2.37. The van der Waals surface area contributed by atoms with Gasteiger partial charge in [0.25, 0.3) is 11.8 Å². The summed E-state index contributed by atoms with van der Waals surface area (Å²) in [5.74, 6) is -2.08. The van der Waals surface area contributed by atoms with Crippen LogP contribution in [0.15, 0.2) is 54.6 Å². The van der Waals surface area contributed by atoms with Crippen LogP contribution in [0, 0.1) is 0 Å². The van der Waals surface area contributed by atoms with Crippen molar-refractivity contribution in [1.82, 2.24) is 0 Å². The number of hydrogen-bond acceptors (Lipinski definition) is 4. The predicted octanol–water partition coefficient (Wildman–Crippen LogP) is 3.04. The zero-order chi connectivity index (χ0) is 17.7. The number of nitrogens with zero attached hydrogens (tertiary/aromatic N) is 1. The average Bonchev–Trinajstić information content (AvgIpc) is 2.85. The van der Waals surface area contributed by atoms with E-state index in [1.54, 1.807) is 30.3 Å². The Morgan fingerprint density at radius 1 is 0.800 bits per heavy atom. The van der Waals surface area contributed by atoms with Crippen LogP contribution in [0.2, 0.25) is 0 Å². The molecule has 1 aliphatic heterocycles. The molecule has 0 bridgehead atoms. The number of anilines is 1. The summed E-state index contributed by atoms with van der Waals surface area (Å²) in [7, 11) is 0. The van der Waals surface area contributed by atoms with E-state index in [1.165, 1.54) is 24.3 Å². The minimum Gasteiger partial charge on any atom is -0.508 e. The standard InChI is InChI=1S/C19H11NO5/c21-14-5-2-10-7-13(4-1-11(10)8-14)20-17(22)15-6-3-12(19(24)25)9-16(15)18(20)23/h1-9,21H,(H,24,25). The molecule has 2 amide bonds. The maximum absolute atomic E-state index is 12.6. The van der Waals surface area contributed by atoms with E-state index in [4.69, 9.17) is 5.11 Å². The summed E-state index contributed by atoms with van der Waals surface area (Å²) in [6.07, 6.45) is 0. The molecule has 122 valence electrons. The largest absolute Gasteiger partial charge is 0.508 e. The maximum atomic E-state index is 12.6. The molecule has 0 aromatic heterocycles. The van der Waals surface area contributed by atoms with Crippen LogP contribution in [0.25, 0.3) is 10.8 Å². The molecule has 0 saturated carbocycles.